The van der Waals surface area contributed by atoms with Crippen LogP contribution in [0.25, 0.3) is 0 Å². The van der Waals surface area contributed by atoms with Crippen LogP contribution in [-0.4, -0.2) is 38.7 Å². The number of rotatable bonds is 10. The van der Waals surface area contributed by atoms with Crippen molar-refractivity contribution in [3.05, 3.63) is 0 Å². The number of hydrogen-bond acceptors (Lipinski definition) is 2. The summed E-state index contributed by atoms with van der Waals surface area (Å²) in [5, 5.41) is 0. The maximum Gasteiger partial charge on any atom is 0.0700 e. The van der Waals surface area contributed by atoms with Crippen LogP contribution in [0.3, 0.4) is 0 Å². The van der Waals surface area contributed by atoms with E-state index < -0.39 is 0 Å². The highest BCUT2D eigenvalue weighted by Crippen LogP contribution is 2.33. The van der Waals surface area contributed by atoms with Gasteiger partial charge in [-0.2, -0.15) is 0 Å². The summed E-state index contributed by atoms with van der Waals surface area (Å²) in [5.41, 5.74) is 0.0182. The second-order valence-corrected chi connectivity index (χ2v) is 5.25. The molecule has 0 aliphatic rings. The van der Waals surface area contributed by atoms with Gasteiger partial charge in [-0.3, -0.25) is 0 Å². The van der Waals surface area contributed by atoms with Crippen molar-refractivity contribution < 1.29 is 9.47 Å². The van der Waals surface area contributed by atoms with Crippen molar-refractivity contribution in [1.82, 2.24) is 0 Å². The van der Waals surface area contributed by atoms with Gasteiger partial charge in [-0.15, -0.1) is 23.2 Å². The minimum atomic E-state index is 0.0182. The number of methoxy groups -OCH3 is 1. The van der Waals surface area contributed by atoms with Crippen molar-refractivity contribution in [3.8, 4) is 0 Å². The molecule has 0 saturated carbocycles. The Morgan fingerprint density at radius 1 is 1.06 bits per heavy atom. The maximum absolute atomic E-state index is 6.04. The summed E-state index contributed by atoms with van der Waals surface area (Å²) in [5.74, 6) is 1.81. The summed E-state index contributed by atoms with van der Waals surface area (Å²) in [6.45, 7) is 6.37. The lowest BCUT2D eigenvalue weighted by atomic mass is 9.81. The van der Waals surface area contributed by atoms with E-state index in [9.17, 15) is 0 Å². The zero-order chi connectivity index (χ0) is 12.4. The average Bonchev–Trinajstić information content (AvgIpc) is 2.26. The van der Waals surface area contributed by atoms with E-state index >= 15 is 0 Å². The summed E-state index contributed by atoms with van der Waals surface area (Å²) in [7, 11) is 1.67. The molecule has 0 bridgehead atoms. The lowest BCUT2D eigenvalue weighted by Gasteiger charge is -2.31. The third-order valence-corrected chi connectivity index (χ3v) is 3.75. The molecule has 0 aromatic heterocycles. The standard InChI is InChI=1S/C12H24Cl2O2/c1-11(2)8-12(9-13,10-14)4-5-16-7-6-15-3/h11H,4-10H2,1-3H3. The van der Waals surface area contributed by atoms with Gasteiger partial charge in [-0.1, -0.05) is 13.8 Å². The molecule has 0 amide bonds. The Labute approximate surface area is 110 Å². The third-order valence-electron chi connectivity index (χ3n) is 2.62. The van der Waals surface area contributed by atoms with Gasteiger partial charge in [0.15, 0.2) is 0 Å². The normalized spacial score (nSPS) is 12.4. The third kappa shape index (κ3) is 6.95. The molecule has 0 N–H and O–H groups in total. The first-order valence-corrected chi connectivity index (χ1v) is 6.86. The Balaban J connectivity index is 3.92. The molecule has 0 radical (unpaired) electrons. The molecule has 0 unspecified atom stereocenters. The second kappa shape index (κ2) is 9.52. The molecule has 0 saturated heterocycles. The molecule has 0 heterocycles. The van der Waals surface area contributed by atoms with Crippen LogP contribution in [0.15, 0.2) is 0 Å². The minimum Gasteiger partial charge on any atom is -0.382 e. The van der Waals surface area contributed by atoms with E-state index in [2.05, 4.69) is 13.8 Å². The van der Waals surface area contributed by atoms with Gasteiger partial charge in [-0.25, -0.2) is 0 Å². The van der Waals surface area contributed by atoms with Gasteiger partial charge >= 0.3 is 0 Å². The Hall–Kier alpha value is 0.500. The Morgan fingerprint density at radius 2 is 1.69 bits per heavy atom. The van der Waals surface area contributed by atoms with Crippen LogP contribution in [0.1, 0.15) is 26.7 Å². The first-order chi connectivity index (χ1) is 7.60. The van der Waals surface area contributed by atoms with Crippen molar-refractivity contribution in [1.29, 1.82) is 0 Å². The van der Waals surface area contributed by atoms with Gasteiger partial charge in [0.05, 0.1) is 13.2 Å². The van der Waals surface area contributed by atoms with E-state index in [4.69, 9.17) is 32.7 Å². The molecule has 98 valence electrons. The van der Waals surface area contributed by atoms with Crippen LogP contribution in [0.5, 0.6) is 0 Å². The lowest BCUT2D eigenvalue weighted by molar-refractivity contribution is 0.0540. The topological polar surface area (TPSA) is 18.5 Å². The van der Waals surface area contributed by atoms with E-state index in [-0.39, 0.29) is 5.41 Å². The van der Waals surface area contributed by atoms with E-state index in [0.29, 0.717) is 37.5 Å². The molecule has 0 aliphatic carbocycles. The van der Waals surface area contributed by atoms with E-state index in [0.717, 1.165) is 12.8 Å². The first-order valence-electron chi connectivity index (χ1n) is 5.79. The smallest absolute Gasteiger partial charge is 0.0700 e. The molecular formula is C12H24Cl2O2. The van der Waals surface area contributed by atoms with Crippen molar-refractivity contribution in [2.45, 2.75) is 26.7 Å². The van der Waals surface area contributed by atoms with E-state index in [1.54, 1.807) is 7.11 Å². The average molecular weight is 271 g/mol. The second-order valence-electron chi connectivity index (χ2n) is 4.72. The van der Waals surface area contributed by atoms with Crippen molar-refractivity contribution >= 4 is 23.2 Å². The molecule has 16 heavy (non-hydrogen) atoms. The highest BCUT2D eigenvalue weighted by atomic mass is 35.5. The number of alkyl halides is 2. The van der Waals surface area contributed by atoms with Gasteiger partial charge in [0.1, 0.15) is 0 Å². The van der Waals surface area contributed by atoms with Crippen LogP contribution in [0.2, 0.25) is 0 Å². The first kappa shape index (κ1) is 16.5. The molecule has 0 atom stereocenters. The van der Waals surface area contributed by atoms with Gasteiger partial charge in [0, 0.05) is 25.5 Å². The molecule has 0 spiro atoms. The van der Waals surface area contributed by atoms with Gasteiger partial charge in [0.25, 0.3) is 0 Å². The van der Waals surface area contributed by atoms with Crippen molar-refractivity contribution in [3.63, 3.8) is 0 Å². The summed E-state index contributed by atoms with van der Waals surface area (Å²) in [6.07, 6.45) is 1.97. The number of hydrogen-bond donors (Lipinski definition) is 0. The minimum absolute atomic E-state index is 0.0182. The Morgan fingerprint density at radius 3 is 2.12 bits per heavy atom. The maximum atomic E-state index is 6.04. The molecule has 0 aromatic rings. The zero-order valence-electron chi connectivity index (χ0n) is 10.6. The molecule has 0 aromatic carbocycles. The molecule has 4 heteroatoms. The number of halogens is 2. The highest BCUT2D eigenvalue weighted by Gasteiger charge is 2.29. The van der Waals surface area contributed by atoms with Crippen molar-refractivity contribution in [2.24, 2.45) is 11.3 Å². The Kier molecular flexibility index (Phi) is 9.82. The predicted molar refractivity (Wildman–Crippen MR) is 70.6 cm³/mol. The van der Waals surface area contributed by atoms with Crippen LogP contribution >= 0.6 is 23.2 Å². The van der Waals surface area contributed by atoms with Crippen LogP contribution < -0.4 is 0 Å². The van der Waals surface area contributed by atoms with E-state index in [1.807, 2.05) is 0 Å². The fraction of sp³-hybridized carbons (Fsp3) is 1.00. The summed E-state index contributed by atoms with van der Waals surface area (Å²) < 4.78 is 10.4. The quantitative estimate of drug-likeness (QED) is 0.447. The fourth-order valence-corrected chi connectivity index (χ4v) is 2.55. The molecule has 0 fully saturated rings. The zero-order valence-corrected chi connectivity index (χ0v) is 12.1. The SMILES string of the molecule is COCCOCCC(CCl)(CCl)CC(C)C. The molecule has 0 aliphatic heterocycles. The summed E-state index contributed by atoms with van der Waals surface area (Å²) in [6, 6.07) is 0. The van der Waals surface area contributed by atoms with Crippen LogP contribution in [0, 0.1) is 11.3 Å². The highest BCUT2D eigenvalue weighted by molar-refractivity contribution is 6.21. The van der Waals surface area contributed by atoms with Crippen molar-refractivity contribution in [2.75, 3.05) is 38.7 Å². The fourth-order valence-electron chi connectivity index (χ4n) is 1.78. The molecule has 2 nitrogen and oxygen atoms in total. The van der Waals surface area contributed by atoms with Crippen LogP contribution in [0.4, 0.5) is 0 Å². The van der Waals surface area contributed by atoms with Gasteiger partial charge < -0.3 is 9.47 Å². The predicted octanol–water partition coefficient (Wildman–Crippen LogP) is 3.55. The summed E-state index contributed by atoms with van der Waals surface area (Å²) in [4.78, 5) is 0. The monoisotopic (exact) mass is 270 g/mol. The van der Waals surface area contributed by atoms with Gasteiger partial charge in [-0.05, 0) is 24.2 Å². The van der Waals surface area contributed by atoms with Crippen LogP contribution in [-0.2, 0) is 9.47 Å². The van der Waals surface area contributed by atoms with Gasteiger partial charge in [0.2, 0.25) is 0 Å². The molecule has 0 rings (SSSR count). The lowest BCUT2D eigenvalue weighted by Crippen LogP contribution is -2.29. The van der Waals surface area contributed by atoms with E-state index in [1.165, 1.54) is 0 Å². The summed E-state index contributed by atoms with van der Waals surface area (Å²) >= 11 is 12.1. The Bertz CT molecular complexity index is 159. The largest absolute Gasteiger partial charge is 0.382 e. The molecular weight excluding hydrogens is 247 g/mol. The number of ether oxygens (including phenoxy) is 2.